The van der Waals surface area contributed by atoms with Crippen LogP contribution in [0, 0.1) is 6.92 Å². The maximum Gasteiger partial charge on any atom is 0.316 e. The zero-order chi connectivity index (χ0) is 22.5. The van der Waals surface area contributed by atoms with E-state index in [0.717, 1.165) is 11.3 Å². The molecule has 2 aromatic carbocycles. The lowest BCUT2D eigenvalue weighted by Crippen LogP contribution is -2.53. The highest BCUT2D eigenvalue weighted by Gasteiger charge is 2.32. The van der Waals surface area contributed by atoms with Crippen molar-refractivity contribution in [2.45, 2.75) is 24.8 Å². The van der Waals surface area contributed by atoms with Gasteiger partial charge < -0.3 is 14.0 Å². The van der Waals surface area contributed by atoms with Crippen LogP contribution in [0.15, 0.2) is 56.9 Å². The van der Waals surface area contributed by atoms with E-state index < -0.39 is 21.1 Å². The van der Waals surface area contributed by atoms with Gasteiger partial charge in [-0.2, -0.15) is 4.31 Å². The van der Waals surface area contributed by atoms with Gasteiger partial charge in [0.2, 0.25) is 10.0 Å². The van der Waals surface area contributed by atoms with Crippen LogP contribution in [0.3, 0.4) is 0 Å². The Morgan fingerprint density at radius 3 is 2.23 bits per heavy atom. The lowest BCUT2D eigenvalue weighted by molar-refractivity contribution is 0.342. The Balaban J connectivity index is 1.67. The van der Waals surface area contributed by atoms with Crippen LogP contribution in [0.4, 0.5) is 5.69 Å². The van der Waals surface area contributed by atoms with Crippen LogP contribution in [0.25, 0.3) is 11.0 Å². The van der Waals surface area contributed by atoms with Crippen LogP contribution in [0.1, 0.15) is 12.5 Å². The van der Waals surface area contributed by atoms with E-state index in [2.05, 4.69) is 11.0 Å². The maximum absolute atomic E-state index is 13.4. The Labute approximate surface area is 181 Å². The third-order valence-electron chi connectivity index (χ3n) is 6.02. The molecule has 0 radical (unpaired) electrons. The number of nitrogens with zero attached hydrogens (tertiary/aromatic N) is 4. The van der Waals surface area contributed by atoms with Gasteiger partial charge in [0.15, 0.2) is 0 Å². The first-order chi connectivity index (χ1) is 14.6. The average Bonchev–Trinajstić information content (AvgIpc) is 2.75. The van der Waals surface area contributed by atoms with Crippen molar-refractivity contribution in [1.82, 2.24) is 13.4 Å². The second-order valence-electron chi connectivity index (χ2n) is 8.12. The minimum atomic E-state index is -3.75. The normalized spacial score (nSPS) is 17.9. The summed E-state index contributed by atoms with van der Waals surface area (Å²) in [7, 11) is -0.765. The van der Waals surface area contributed by atoms with Crippen LogP contribution in [0.2, 0.25) is 0 Å². The van der Waals surface area contributed by atoms with Crippen molar-refractivity contribution in [3.8, 4) is 0 Å². The van der Waals surface area contributed by atoms with Gasteiger partial charge >= 0.3 is 11.1 Å². The van der Waals surface area contributed by atoms with Gasteiger partial charge in [-0.3, -0.25) is 9.59 Å². The van der Waals surface area contributed by atoms with Gasteiger partial charge in [-0.05, 0) is 49.7 Å². The maximum atomic E-state index is 13.4. The number of piperazine rings is 1. The predicted molar refractivity (Wildman–Crippen MR) is 121 cm³/mol. The second kappa shape index (κ2) is 7.65. The van der Waals surface area contributed by atoms with Gasteiger partial charge in [0.1, 0.15) is 0 Å². The van der Waals surface area contributed by atoms with Crippen molar-refractivity contribution in [3.05, 3.63) is 68.7 Å². The number of aromatic nitrogens is 2. The van der Waals surface area contributed by atoms with Crippen LogP contribution < -0.4 is 16.0 Å². The molecule has 1 fully saturated rings. The van der Waals surface area contributed by atoms with E-state index in [-0.39, 0.29) is 10.9 Å². The molecule has 0 N–H and O–H groups in total. The van der Waals surface area contributed by atoms with Gasteiger partial charge in [0.25, 0.3) is 0 Å². The predicted octanol–water partition coefficient (Wildman–Crippen LogP) is 1.45. The number of hydrogen-bond acceptors (Lipinski definition) is 5. The van der Waals surface area contributed by atoms with Crippen molar-refractivity contribution < 1.29 is 8.42 Å². The Bertz CT molecular complexity index is 1390. The molecule has 2 heterocycles. The summed E-state index contributed by atoms with van der Waals surface area (Å²) in [6.45, 7) is 5.37. The van der Waals surface area contributed by atoms with E-state index in [1.165, 1.54) is 39.7 Å². The van der Waals surface area contributed by atoms with E-state index in [4.69, 9.17) is 0 Å². The number of sulfonamides is 1. The van der Waals surface area contributed by atoms with Gasteiger partial charge in [-0.25, -0.2) is 8.42 Å². The van der Waals surface area contributed by atoms with Gasteiger partial charge in [0, 0.05) is 45.5 Å². The highest BCUT2D eigenvalue weighted by Crippen LogP contribution is 2.26. The smallest absolute Gasteiger partial charge is 0.316 e. The highest BCUT2D eigenvalue weighted by atomic mass is 32.2. The van der Waals surface area contributed by atoms with Crippen LogP contribution >= 0.6 is 0 Å². The molecule has 31 heavy (non-hydrogen) atoms. The average molecular weight is 443 g/mol. The van der Waals surface area contributed by atoms with E-state index in [1.807, 2.05) is 32.0 Å². The van der Waals surface area contributed by atoms with Gasteiger partial charge in [-0.1, -0.05) is 12.1 Å². The molecule has 3 aromatic rings. The zero-order valence-corrected chi connectivity index (χ0v) is 18.9. The van der Waals surface area contributed by atoms with Crippen molar-refractivity contribution in [3.63, 3.8) is 0 Å². The monoisotopic (exact) mass is 442 g/mol. The molecule has 164 valence electrons. The first kappa shape index (κ1) is 21.3. The minimum Gasteiger partial charge on any atom is -0.366 e. The molecule has 1 atom stereocenters. The molecule has 0 unspecified atom stereocenters. The molecular formula is C22H26N4O4S. The Hall–Kier alpha value is -2.91. The lowest BCUT2D eigenvalue weighted by atomic mass is 10.1. The quantitative estimate of drug-likeness (QED) is 0.573. The van der Waals surface area contributed by atoms with Crippen molar-refractivity contribution in [2.24, 2.45) is 14.1 Å². The number of benzene rings is 2. The van der Waals surface area contributed by atoms with Crippen molar-refractivity contribution >= 4 is 26.7 Å². The van der Waals surface area contributed by atoms with E-state index in [0.29, 0.717) is 30.7 Å². The van der Waals surface area contributed by atoms with E-state index >= 15 is 0 Å². The summed E-state index contributed by atoms with van der Waals surface area (Å²) in [6.07, 6.45) is 0. The fourth-order valence-corrected chi connectivity index (χ4v) is 5.74. The van der Waals surface area contributed by atoms with Crippen LogP contribution in [-0.2, 0) is 24.1 Å². The zero-order valence-electron chi connectivity index (χ0n) is 18.1. The number of hydrogen-bond donors (Lipinski definition) is 0. The summed E-state index contributed by atoms with van der Waals surface area (Å²) in [6, 6.07) is 12.8. The molecule has 1 saturated heterocycles. The lowest BCUT2D eigenvalue weighted by Gasteiger charge is -2.40. The number of fused-ring (bicyclic) bond motifs is 1. The topological polar surface area (TPSA) is 84.6 Å². The Morgan fingerprint density at radius 2 is 1.58 bits per heavy atom. The molecule has 0 saturated carbocycles. The molecule has 0 bridgehead atoms. The first-order valence-corrected chi connectivity index (χ1v) is 11.6. The SMILES string of the molecule is Cc1cccc(N2CCN(S(=O)(=O)c3ccc4c(c3)n(C)c(=O)c(=O)n4C)C[C@@H]2C)c1. The number of anilines is 1. The molecule has 4 rings (SSSR count). The largest absolute Gasteiger partial charge is 0.366 e. The molecule has 0 spiro atoms. The van der Waals surface area contributed by atoms with Gasteiger partial charge in [-0.15, -0.1) is 0 Å². The fourth-order valence-electron chi connectivity index (χ4n) is 4.20. The summed E-state index contributed by atoms with van der Waals surface area (Å²) in [4.78, 5) is 26.5. The van der Waals surface area contributed by atoms with E-state index in [9.17, 15) is 18.0 Å². The Kier molecular flexibility index (Phi) is 5.26. The van der Waals surface area contributed by atoms with Crippen molar-refractivity contribution in [1.29, 1.82) is 0 Å². The third kappa shape index (κ3) is 3.57. The molecule has 0 aliphatic carbocycles. The standard InChI is InChI=1S/C22H26N4O4S/c1-15-6-5-7-17(12-15)26-11-10-25(14-16(26)2)31(29,30)18-8-9-19-20(13-18)24(4)22(28)21(27)23(19)3/h5-9,12-13,16H,10-11,14H2,1-4H3/t16-/m0/s1. The first-order valence-electron chi connectivity index (χ1n) is 10.1. The minimum absolute atomic E-state index is 0.0101. The fraction of sp³-hybridized carbons (Fsp3) is 0.364. The van der Waals surface area contributed by atoms with E-state index in [1.54, 1.807) is 6.07 Å². The Morgan fingerprint density at radius 1 is 0.903 bits per heavy atom. The summed E-state index contributed by atoms with van der Waals surface area (Å²) in [5, 5.41) is 0. The molecule has 1 aromatic heterocycles. The molecule has 1 aliphatic heterocycles. The van der Waals surface area contributed by atoms with Gasteiger partial charge in [0.05, 0.1) is 15.9 Å². The van der Waals surface area contributed by atoms with Crippen molar-refractivity contribution in [2.75, 3.05) is 24.5 Å². The molecule has 8 nitrogen and oxygen atoms in total. The van der Waals surface area contributed by atoms with Crippen LogP contribution in [-0.4, -0.2) is 47.5 Å². The molecular weight excluding hydrogens is 416 g/mol. The summed E-state index contributed by atoms with van der Waals surface area (Å²) < 4.78 is 30.7. The summed E-state index contributed by atoms with van der Waals surface area (Å²) in [5.41, 5.74) is 1.82. The number of aryl methyl sites for hydroxylation is 3. The highest BCUT2D eigenvalue weighted by molar-refractivity contribution is 7.89. The number of rotatable bonds is 3. The summed E-state index contributed by atoms with van der Waals surface area (Å²) in [5.74, 6) is 0. The van der Waals surface area contributed by atoms with Crippen LogP contribution in [0.5, 0.6) is 0 Å². The molecule has 1 aliphatic rings. The molecule has 9 heteroatoms. The third-order valence-corrected chi connectivity index (χ3v) is 7.88. The summed E-state index contributed by atoms with van der Waals surface area (Å²) >= 11 is 0. The second-order valence-corrected chi connectivity index (χ2v) is 10.1. The molecule has 0 amide bonds.